The smallest absolute Gasteiger partial charge is 0.266 e. The van der Waals surface area contributed by atoms with E-state index in [4.69, 9.17) is 4.74 Å². The Morgan fingerprint density at radius 1 is 1.16 bits per heavy atom. The number of rotatable bonds is 5. The fourth-order valence-corrected chi connectivity index (χ4v) is 3.32. The minimum absolute atomic E-state index is 0.124. The van der Waals surface area contributed by atoms with E-state index in [1.807, 2.05) is 30.3 Å². The Balaban J connectivity index is 1.90. The molecular weight excluding hydrogens is 339 g/mol. The summed E-state index contributed by atoms with van der Waals surface area (Å²) in [6, 6.07) is 15.5. The van der Waals surface area contributed by atoms with E-state index < -0.39 is 0 Å². The third-order valence-corrected chi connectivity index (χ3v) is 4.56. The normalized spacial score (nSPS) is 17.7. The Morgan fingerprint density at radius 3 is 2.56 bits per heavy atom. The van der Waals surface area contributed by atoms with Crippen LogP contribution in [-0.2, 0) is 9.53 Å². The number of amidine groups is 1. The van der Waals surface area contributed by atoms with Gasteiger partial charge in [0.15, 0.2) is 5.17 Å². The van der Waals surface area contributed by atoms with Gasteiger partial charge in [0.25, 0.3) is 5.91 Å². The van der Waals surface area contributed by atoms with Gasteiger partial charge in [-0.05, 0) is 47.7 Å². The Kier molecular flexibility index (Phi) is 5.63. The average Bonchev–Trinajstić information content (AvgIpc) is 2.91. The standard InChI is InChI=1S/C19H17FN2O2S/c1-24-12-11-22-18(23)17(13-14-7-9-15(20)10-8-14)25-19(22)21-16-5-3-2-4-6-16/h2-10,13H,11-12H2,1H3/b17-13+,21-19?. The number of carbonyl (C=O) groups excluding carboxylic acids is 1. The van der Waals surface area contributed by atoms with Gasteiger partial charge in [-0.15, -0.1) is 0 Å². The number of amides is 1. The maximum absolute atomic E-state index is 13.0. The number of para-hydroxylation sites is 1. The van der Waals surface area contributed by atoms with Crippen LogP contribution in [0.2, 0.25) is 0 Å². The van der Waals surface area contributed by atoms with E-state index in [0.29, 0.717) is 23.2 Å². The van der Waals surface area contributed by atoms with Crippen molar-refractivity contribution >= 4 is 34.6 Å². The van der Waals surface area contributed by atoms with Crippen LogP contribution < -0.4 is 0 Å². The van der Waals surface area contributed by atoms with E-state index in [1.54, 1.807) is 30.2 Å². The van der Waals surface area contributed by atoms with Crippen molar-refractivity contribution < 1.29 is 13.9 Å². The zero-order valence-electron chi connectivity index (χ0n) is 13.7. The van der Waals surface area contributed by atoms with Gasteiger partial charge in [0.1, 0.15) is 5.82 Å². The van der Waals surface area contributed by atoms with Crippen molar-refractivity contribution in [2.45, 2.75) is 0 Å². The number of methoxy groups -OCH3 is 1. The number of thioether (sulfide) groups is 1. The molecule has 1 fully saturated rings. The zero-order valence-corrected chi connectivity index (χ0v) is 14.5. The van der Waals surface area contributed by atoms with Crippen LogP contribution in [0, 0.1) is 5.82 Å². The molecule has 1 heterocycles. The molecule has 3 rings (SSSR count). The monoisotopic (exact) mass is 356 g/mol. The highest BCUT2D eigenvalue weighted by Gasteiger charge is 2.33. The first-order chi connectivity index (χ1) is 12.2. The highest BCUT2D eigenvalue weighted by molar-refractivity contribution is 8.18. The van der Waals surface area contributed by atoms with Crippen LogP contribution in [-0.4, -0.2) is 36.2 Å². The van der Waals surface area contributed by atoms with Crippen LogP contribution in [0.25, 0.3) is 6.08 Å². The maximum atomic E-state index is 13.0. The molecule has 0 aromatic heterocycles. The summed E-state index contributed by atoms with van der Waals surface area (Å²) in [6.45, 7) is 0.846. The lowest BCUT2D eigenvalue weighted by Crippen LogP contribution is -2.32. The first-order valence-electron chi connectivity index (χ1n) is 7.77. The minimum Gasteiger partial charge on any atom is -0.383 e. The largest absolute Gasteiger partial charge is 0.383 e. The predicted octanol–water partition coefficient (Wildman–Crippen LogP) is 4.08. The van der Waals surface area contributed by atoms with E-state index in [0.717, 1.165) is 11.3 Å². The molecule has 0 atom stereocenters. The van der Waals surface area contributed by atoms with Crippen molar-refractivity contribution in [3.63, 3.8) is 0 Å². The summed E-state index contributed by atoms with van der Waals surface area (Å²) < 4.78 is 18.1. The van der Waals surface area contributed by atoms with Gasteiger partial charge in [0.2, 0.25) is 0 Å². The molecule has 0 spiro atoms. The molecule has 2 aromatic rings. The molecule has 6 heteroatoms. The Hall–Kier alpha value is -2.44. The SMILES string of the molecule is COCCN1C(=O)/C(=C\c2ccc(F)cc2)SC1=Nc1ccccc1. The van der Waals surface area contributed by atoms with Crippen molar-refractivity contribution in [3.05, 3.63) is 70.9 Å². The van der Waals surface area contributed by atoms with Crippen LogP contribution in [0.3, 0.4) is 0 Å². The second-order valence-electron chi connectivity index (χ2n) is 5.34. The maximum Gasteiger partial charge on any atom is 0.266 e. The van der Waals surface area contributed by atoms with E-state index in [1.165, 1.54) is 23.9 Å². The molecule has 1 aliphatic rings. The number of carbonyl (C=O) groups is 1. The molecule has 1 aliphatic heterocycles. The second-order valence-corrected chi connectivity index (χ2v) is 6.35. The highest BCUT2D eigenvalue weighted by Crippen LogP contribution is 2.34. The molecule has 2 aromatic carbocycles. The number of hydrogen-bond donors (Lipinski definition) is 0. The molecule has 0 radical (unpaired) electrons. The van der Waals surface area contributed by atoms with Crippen molar-refractivity contribution in [1.29, 1.82) is 0 Å². The lowest BCUT2D eigenvalue weighted by atomic mass is 10.2. The molecule has 0 unspecified atom stereocenters. The van der Waals surface area contributed by atoms with Crippen LogP contribution >= 0.6 is 11.8 Å². The fourth-order valence-electron chi connectivity index (χ4n) is 2.29. The van der Waals surface area contributed by atoms with Gasteiger partial charge in [0.05, 0.1) is 23.7 Å². The number of nitrogens with zero attached hydrogens (tertiary/aromatic N) is 2. The summed E-state index contributed by atoms with van der Waals surface area (Å²) in [7, 11) is 1.59. The molecule has 0 bridgehead atoms. The Labute approximate surface area is 150 Å². The first kappa shape index (κ1) is 17.4. The summed E-state index contributed by atoms with van der Waals surface area (Å²) in [5.41, 5.74) is 1.55. The molecule has 128 valence electrons. The van der Waals surface area contributed by atoms with Crippen molar-refractivity contribution in [3.8, 4) is 0 Å². The molecule has 25 heavy (non-hydrogen) atoms. The summed E-state index contributed by atoms with van der Waals surface area (Å²) in [4.78, 5) is 19.4. The summed E-state index contributed by atoms with van der Waals surface area (Å²) in [5, 5.41) is 0.613. The van der Waals surface area contributed by atoms with Gasteiger partial charge in [-0.3, -0.25) is 9.69 Å². The number of hydrogen-bond acceptors (Lipinski definition) is 4. The van der Waals surface area contributed by atoms with Crippen LogP contribution in [0.5, 0.6) is 0 Å². The summed E-state index contributed by atoms with van der Waals surface area (Å²) >= 11 is 1.31. The number of halogens is 1. The lowest BCUT2D eigenvalue weighted by Gasteiger charge is -2.14. The minimum atomic E-state index is -0.305. The van der Waals surface area contributed by atoms with Gasteiger partial charge in [0, 0.05) is 7.11 Å². The quantitative estimate of drug-likeness (QED) is 0.758. The first-order valence-corrected chi connectivity index (χ1v) is 8.58. The van der Waals surface area contributed by atoms with E-state index >= 15 is 0 Å². The Bertz CT molecular complexity index is 804. The van der Waals surface area contributed by atoms with Crippen LogP contribution in [0.4, 0.5) is 10.1 Å². The second kappa shape index (κ2) is 8.09. The van der Waals surface area contributed by atoms with Crippen molar-refractivity contribution in [1.82, 2.24) is 4.90 Å². The number of ether oxygens (including phenoxy) is 1. The molecule has 1 amide bonds. The topological polar surface area (TPSA) is 41.9 Å². The van der Waals surface area contributed by atoms with Crippen molar-refractivity contribution in [2.24, 2.45) is 4.99 Å². The van der Waals surface area contributed by atoms with Gasteiger partial charge >= 0.3 is 0 Å². The van der Waals surface area contributed by atoms with E-state index in [-0.39, 0.29) is 11.7 Å². The van der Waals surface area contributed by atoms with E-state index in [9.17, 15) is 9.18 Å². The van der Waals surface area contributed by atoms with Gasteiger partial charge in [-0.2, -0.15) is 0 Å². The van der Waals surface area contributed by atoms with Crippen molar-refractivity contribution in [2.75, 3.05) is 20.3 Å². The molecule has 0 aliphatic carbocycles. The highest BCUT2D eigenvalue weighted by atomic mass is 32.2. The summed E-state index contributed by atoms with van der Waals surface area (Å²) in [6.07, 6.45) is 1.75. The molecule has 0 saturated carbocycles. The molecule has 4 nitrogen and oxygen atoms in total. The fraction of sp³-hybridized carbons (Fsp3) is 0.158. The lowest BCUT2D eigenvalue weighted by molar-refractivity contribution is -0.122. The molecule has 0 N–H and O–H groups in total. The van der Waals surface area contributed by atoms with Crippen LogP contribution in [0.15, 0.2) is 64.5 Å². The molecule has 1 saturated heterocycles. The van der Waals surface area contributed by atoms with Gasteiger partial charge < -0.3 is 4.74 Å². The van der Waals surface area contributed by atoms with E-state index in [2.05, 4.69) is 4.99 Å². The Morgan fingerprint density at radius 2 is 1.88 bits per heavy atom. The summed E-state index contributed by atoms with van der Waals surface area (Å²) in [5.74, 6) is -0.429. The number of benzene rings is 2. The third kappa shape index (κ3) is 4.35. The van der Waals surface area contributed by atoms with Gasteiger partial charge in [-0.25, -0.2) is 9.38 Å². The van der Waals surface area contributed by atoms with Gasteiger partial charge in [-0.1, -0.05) is 30.3 Å². The zero-order chi connectivity index (χ0) is 17.6. The number of aliphatic imine (C=N–C) groups is 1. The molecular formula is C19H17FN2O2S. The third-order valence-electron chi connectivity index (χ3n) is 3.56. The average molecular weight is 356 g/mol. The predicted molar refractivity (Wildman–Crippen MR) is 99.1 cm³/mol. The van der Waals surface area contributed by atoms with Crippen LogP contribution in [0.1, 0.15) is 5.56 Å².